The lowest BCUT2D eigenvalue weighted by Gasteiger charge is -2.07. The molecule has 8 heteroatoms. The molecule has 1 unspecified atom stereocenters. The lowest BCUT2D eigenvalue weighted by molar-refractivity contribution is -0.757. The Labute approximate surface area is 98.2 Å². The van der Waals surface area contributed by atoms with Crippen LogP contribution in [0.2, 0.25) is 0 Å². The van der Waals surface area contributed by atoms with E-state index < -0.39 is 17.1 Å². The normalized spacial score (nSPS) is 11.6. The summed E-state index contributed by atoms with van der Waals surface area (Å²) < 4.78 is 4.77. The molecule has 0 amide bonds. The molecule has 0 spiro atoms. The second kappa shape index (κ2) is 8.45. The fourth-order valence-corrected chi connectivity index (χ4v) is 0.911. The first-order chi connectivity index (χ1) is 7.93. The summed E-state index contributed by atoms with van der Waals surface area (Å²) in [5.74, 6) is -0.829. The van der Waals surface area contributed by atoms with Gasteiger partial charge in [0.05, 0.1) is 25.7 Å². The average molecular weight is 248 g/mol. The van der Waals surface area contributed by atoms with Crippen molar-refractivity contribution in [2.75, 3.05) is 13.2 Å². The van der Waals surface area contributed by atoms with Crippen LogP contribution in [-0.2, 0) is 19.2 Å². The number of hydrogen-bond donors (Lipinski definition) is 1. The molecule has 0 rings (SSSR count). The number of nitrogens with two attached hydrogens (primary N) is 1. The molecule has 0 aliphatic rings. The summed E-state index contributed by atoms with van der Waals surface area (Å²) in [4.78, 5) is 35.7. The van der Waals surface area contributed by atoms with Crippen molar-refractivity contribution in [2.45, 2.75) is 32.2 Å². The zero-order chi connectivity index (χ0) is 13.3. The second-order valence-electron chi connectivity index (χ2n) is 3.41. The summed E-state index contributed by atoms with van der Waals surface area (Å²) in [6, 6.07) is -0.833. The molecular weight excluding hydrogens is 232 g/mol. The van der Waals surface area contributed by atoms with Crippen LogP contribution in [0.15, 0.2) is 0 Å². The van der Waals surface area contributed by atoms with Crippen LogP contribution in [0.3, 0.4) is 0 Å². The average Bonchev–Trinajstić information content (AvgIpc) is 2.22. The molecule has 8 nitrogen and oxygen atoms in total. The van der Waals surface area contributed by atoms with Crippen molar-refractivity contribution >= 4 is 11.8 Å². The smallest absolute Gasteiger partial charge is 0.307 e. The Morgan fingerprint density at radius 2 is 1.94 bits per heavy atom. The fourth-order valence-electron chi connectivity index (χ4n) is 0.911. The van der Waals surface area contributed by atoms with Crippen molar-refractivity contribution < 1.29 is 24.3 Å². The quantitative estimate of drug-likeness (QED) is 0.260. The van der Waals surface area contributed by atoms with Gasteiger partial charge in [-0.2, -0.15) is 0 Å². The Balaban J connectivity index is 3.45. The number of ether oxygens (including phenoxy) is 1. The van der Waals surface area contributed by atoms with E-state index in [0.29, 0.717) is 12.8 Å². The van der Waals surface area contributed by atoms with E-state index in [1.54, 1.807) is 0 Å². The van der Waals surface area contributed by atoms with Crippen molar-refractivity contribution in [3.8, 4) is 0 Å². The third-order valence-electron chi connectivity index (χ3n) is 1.91. The van der Waals surface area contributed by atoms with Gasteiger partial charge >= 0.3 is 5.97 Å². The first-order valence-electron chi connectivity index (χ1n) is 5.12. The first-order valence-corrected chi connectivity index (χ1v) is 5.12. The predicted octanol–water partition coefficient (Wildman–Crippen LogP) is -0.175. The molecule has 0 fully saturated rings. The highest BCUT2D eigenvalue weighted by Crippen LogP contribution is 1.97. The molecule has 0 aromatic carbocycles. The molecule has 0 saturated heterocycles. The molecule has 0 aromatic rings. The van der Waals surface area contributed by atoms with Crippen LogP contribution in [0.1, 0.15) is 26.2 Å². The molecule has 17 heavy (non-hydrogen) atoms. The molecule has 0 saturated carbocycles. The lowest BCUT2D eigenvalue weighted by Crippen LogP contribution is -2.31. The van der Waals surface area contributed by atoms with Gasteiger partial charge in [0.2, 0.25) is 0 Å². The molecule has 0 aromatic heterocycles. The number of esters is 1. The molecule has 0 heterocycles. The van der Waals surface area contributed by atoms with Gasteiger partial charge in [-0.05, 0) is 19.8 Å². The van der Waals surface area contributed by atoms with Gasteiger partial charge in [-0.3, -0.25) is 9.59 Å². The Bertz CT molecular complexity index is 281. The zero-order valence-corrected chi connectivity index (χ0v) is 9.59. The summed E-state index contributed by atoms with van der Waals surface area (Å²) in [6.45, 7) is 1.40. The van der Waals surface area contributed by atoms with Crippen molar-refractivity contribution in [3.05, 3.63) is 10.1 Å². The largest absolute Gasteiger partial charge is 0.466 e. The number of unbranched alkanes of at least 4 members (excludes halogenated alkanes) is 1. The van der Waals surface area contributed by atoms with Crippen LogP contribution < -0.4 is 5.73 Å². The Morgan fingerprint density at radius 1 is 1.35 bits per heavy atom. The Morgan fingerprint density at radius 3 is 2.47 bits per heavy atom. The maximum absolute atomic E-state index is 11.1. The minimum Gasteiger partial charge on any atom is -0.466 e. The lowest BCUT2D eigenvalue weighted by atomic mass is 10.1. The summed E-state index contributed by atoms with van der Waals surface area (Å²) in [5, 5.41) is 8.90. The highest BCUT2D eigenvalue weighted by atomic mass is 16.9. The number of nitrogens with zero attached hydrogens (tertiary/aromatic N) is 1. The standard InChI is InChI=1S/C9H16N2O6/c1-7(12)8(10)6-9(13)16-4-2-3-5-17-11(14)15/h8H,2-6,10H2,1H3. The molecule has 0 aliphatic heterocycles. The van der Waals surface area contributed by atoms with Gasteiger partial charge in [-0.15, -0.1) is 10.1 Å². The fraction of sp³-hybridized carbons (Fsp3) is 0.778. The minimum absolute atomic E-state index is 0.0302. The molecular formula is C9H16N2O6. The molecule has 0 bridgehead atoms. The van der Waals surface area contributed by atoms with Gasteiger partial charge in [-0.1, -0.05) is 0 Å². The number of Topliss-reactive ketones (excluding diaryl/α,β-unsaturated/α-hetero) is 1. The van der Waals surface area contributed by atoms with Crippen LogP contribution in [-0.4, -0.2) is 36.1 Å². The number of carbonyl (C=O) groups is 2. The predicted molar refractivity (Wildman–Crippen MR) is 56.4 cm³/mol. The highest BCUT2D eigenvalue weighted by Gasteiger charge is 2.14. The zero-order valence-electron chi connectivity index (χ0n) is 9.59. The van der Waals surface area contributed by atoms with Crippen LogP contribution >= 0.6 is 0 Å². The number of hydrogen-bond acceptors (Lipinski definition) is 7. The van der Waals surface area contributed by atoms with Crippen LogP contribution in [0.4, 0.5) is 0 Å². The molecule has 0 radical (unpaired) electrons. The Hall–Kier alpha value is -1.70. The summed E-state index contributed by atoms with van der Waals surface area (Å²) in [7, 11) is 0. The van der Waals surface area contributed by atoms with E-state index in [0.717, 1.165) is 0 Å². The van der Waals surface area contributed by atoms with Gasteiger partial charge < -0.3 is 15.3 Å². The van der Waals surface area contributed by atoms with Gasteiger partial charge in [0.15, 0.2) is 0 Å². The number of rotatable bonds is 9. The van der Waals surface area contributed by atoms with E-state index >= 15 is 0 Å². The second-order valence-corrected chi connectivity index (χ2v) is 3.41. The number of ketones is 1. The molecule has 98 valence electrons. The minimum atomic E-state index is -0.877. The van der Waals surface area contributed by atoms with Crippen molar-refractivity contribution in [1.29, 1.82) is 0 Å². The van der Waals surface area contributed by atoms with Crippen LogP contribution in [0, 0.1) is 10.1 Å². The topological polar surface area (TPSA) is 122 Å². The van der Waals surface area contributed by atoms with Gasteiger partial charge in [0, 0.05) is 0 Å². The third kappa shape index (κ3) is 9.24. The van der Waals surface area contributed by atoms with Gasteiger partial charge in [-0.25, -0.2) is 0 Å². The van der Waals surface area contributed by atoms with Gasteiger partial charge in [0.1, 0.15) is 5.78 Å². The van der Waals surface area contributed by atoms with E-state index in [4.69, 9.17) is 10.5 Å². The van der Waals surface area contributed by atoms with Crippen molar-refractivity contribution in [2.24, 2.45) is 5.73 Å². The van der Waals surface area contributed by atoms with E-state index in [1.807, 2.05) is 0 Å². The summed E-state index contributed by atoms with van der Waals surface area (Å²) in [5.41, 5.74) is 5.36. The molecule has 0 aliphatic carbocycles. The summed E-state index contributed by atoms with van der Waals surface area (Å²) >= 11 is 0. The third-order valence-corrected chi connectivity index (χ3v) is 1.91. The van der Waals surface area contributed by atoms with E-state index in [1.165, 1.54) is 6.92 Å². The van der Waals surface area contributed by atoms with Gasteiger partial charge in [0.25, 0.3) is 5.09 Å². The molecule has 2 N–H and O–H groups in total. The van der Waals surface area contributed by atoms with Crippen molar-refractivity contribution in [1.82, 2.24) is 0 Å². The first kappa shape index (κ1) is 15.3. The maximum atomic E-state index is 11.1. The monoisotopic (exact) mass is 248 g/mol. The van der Waals surface area contributed by atoms with Crippen LogP contribution in [0.5, 0.6) is 0 Å². The summed E-state index contributed by atoms with van der Waals surface area (Å²) in [6.07, 6.45) is 0.711. The number of carbonyl (C=O) groups excluding carboxylic acids is 2. The SMILES string of the molecule is CC(=O)C(N)CC(=O)OCCCCO[N+](=O)[O-]. The maximum Gasteiger partial charge on any atom is 0.307 e. The van der Waals surface area contributed by atoms with Crippen molar-refractivity contribution in [3.63, 3.8) is 0 Å². The highest BCUT2D eigenvalue weighted by molar-refractivity contribution is 5.86. The van der Waals surface area contributed by atoms with E-state index in [-0.39, 0.29) is 25.4 Å². The van der Waals surface area contributed by atoms with E-state index in [2.05, 4.69) is 4.84 Å². The van der Waals surface area contributed by atoms with Crippen LogP contribution in [0.25, 0.3) is 0 Å². The van der Waals surface area contributed by atoms with E-state index in [9.17, 15) is 19.7 Å². The molecule has 1 atom stereocenters. The Kier molecular flexibility index (Phi) is 7.61.